The molecule has 0 N–H and O–H groups in total. The van der Waals surface area contributed by atoms with Crippen molar-refractivity contribution in [3.05, 3.63) is 23.9 Å². The van der Waals surface area contributed by atoms with E-state index in [0.29, 0.717) is 0 Å². The molecule has 0 spiro atoms. The zero-order chi connectivity index (χ0) is 6.27. The molecule has 1 aromatic rings. The number of fused-ring (bicyclic) bond motifs is 1. The highest BCUT2D eigenvalue weighted by atomic mass is 31.0. The van der Waals surface area contributed by atoms with Crippen LogP contribution in [0.5, 0.6) is 0 Å². The molecule has 0 fully saturated rings. The summed E-state index contributed by atoms with van der Waals surface area (Å²) >= 11 is 0. The van der Waals surface area contributed by atoms with Crippen molar-refractivity contribution in [2.75, 3.05) is 0 Å². The lowest BCUT2D eigenvalue weighted by atomic mass is 10.4. The second kappa shape index (κ2) is 1.71. The first-order chi connectivity index (χ1) is 4.38. The minimum Gasteiger partial charge on any atom is -0.338 e. The van der Waals surface area contributed by atoms with Gasteiger partial charge in [0.15, 0.2) is 0 Å². The van der Waals surface area contributed by atoms with E-state index in [0.717, 1.165) is 6.54 Å². The molecule has 46 valence electrons. The van der Waals surface area contributed by atoms with E-state index < -0.39 is 0 Å². The van der Waals surface area contributed by atoms with Crippen LogP contribution in [0.25, 0.3) is 6.08 Å². The first kappa shape index (κ1) is 5.25. The summed E-state index contributed by atoms with van der Waals surface area (Å²) in [5.74, 6) is 0. The fraction of sp³-hybridized carbons (Fsp3) is 0.143. The Morgan fingerprint density at radius 3 is 3.11 bits per heavy atom. The van der Waals surface area contributed by atoms with Crippen LogP contribution in [-0.2, 0) is 6.54 Å². The third-order valence-corrected chi connectivity index (χ3v) is 2.13. The minimum atomic E-state index is 1.04. The Hall–Kier alpha value is -0.550. The van der Waals surface area contributed by atoms with Gasteiger partial charge in [-0.15, -0.1) is 0 Å². The molecular formula is C7H8NP. The number of rotatable bonds is 0. The second-order valence-corrected chi connectivity index (χ2v) is 2.79. The number of allylic oxidation sites excluding steroid dienone is 1. The first-order valence-corrected chi connectivity index (χ1v) is 3.57. The molecule has 1 unspecified atom stereocenters. The van der Waals surface area contributed by atoms with Gasteiger partial charge in [0.2, 0.25) is 0 Å². The zero-order valence-electron chi connectivity index (χ0n) is 5.04. The highest BCUT2D eigenvalue weighted by Crippen LogP contribution is 2.11. The van der Waals surface area contributed by atoms with Crippen LogP contribution >= 0.6 is 9.24 Å². The van der Waals surface area contributed by atoms with E-state index in [1.165, 1.54) is 11.1 Å². The van der Waals surface area contributed by atoms with Gasteiger partial charge in [-0.3, -0.25) is 0 Å². The lowest BCUT2D eigenvalue weighted by Gasteiger charge is -1.97. The lowest BCUT2D eigenvalue weighted by molar-refractivity contribution is 0.875. The van der Waals surface area contributed by atoms with Gasteiger partial charge >= 0.3 is 0 Å². The summed E-state index contributed by atoms with van der Waals surface area (Å²) < 4.78 is 2.25. The van der Waals surface area contributed by atoms with Gasteiger partial charge in [-0.2, -0.15) is 0 Å². The van der Waals surface area contributed by atoms with Gasteiger partial charge in [0.1, 0.15) is 0 Å². The van der Waals surface area contributed by atoms with Crippen molar-refractivity contribution >= 4 is 20.8 Å². The summed E-state index contributed by atoms with van der Waals surface area (Å²) in [4.78, 5) is 0. The minimum absolute atomic E-state index is 1.04. The summed E-state index contributed by atoms with van der Waals surface area (Å²) in [7, 11) is 2.72. The van der Waals surface area contributed by atoms with Gasteiger partial charge in [-0.25, -0.2) is 0 Å². The summed E-state index contributed by atoms with van der Waals surface area (Å²) in [6.07, 6.45) is 4.32. The first-order valence-electron chi connectivity index (χ1n) is 2.99. The monoisotopic (exact) mass is 137 g/mol. The van der Waals surface area contributed by atoms with Gasteiger partial charge in [0, 0.05) is 17.7 Å². The van der Waals surface area contributed by atoms with Crippen LogP contribution < -0.4 is 5.44 Å². The molecule has 0 aliphatic carbocycles. The third kappa shape index (κ3) is 0.650. The summed E-state index contributed by atoms with van der Waals surface area (Å²) in [5.41, 5.74) is 2.59. The van der Waals surface area contributed by atoms with Crippen molar-refractivity contribution in [1.82, 2.24) is 4.57 Å². The van der Waals surface area contributed by atoms with E-state index in [1.807, 2.05) is 0 Å². The number of hydrogen-bond acceptors (Lipinski definition) is 0. The molecule has 0 aromatic carbocycles. The van der Waals surface area contributed by atoms with E-state index >= 15 is 0 Å². The molecule has 1 atom stereocenters. The zero-order valence-corrected chi connectivity index (χ0v) is 6.20. The van der Waals surface area contributed by atoms with Crippen LogP contribution in [0.15, 0.2) is 18.2 Å². The molecule has 0 saturated carbocycles. The SMILES string of the molecule is Pc1ccc2n1CC=C2. The van der Waals surface area contributed by atoms with Crippen LogP contribution in [0.3, 0.4) is 0 Å². The van der Waals surface area contributed by atoms with Crippen molar-refractivity contribution in [3.63, 3.8) is 0 Å². The van der Waals surface area contributed by atoms with E-state index in [9.17, 15) is 0 Å². The lowest BCUT2D eigenvalue weighted by Crippen LogP contribution is -2.06. The van der Waals surface area contributed by atoms with Crippen molar-refractivity contribution in [2.24, 2.45) is 0 Å². The Bertz CT molecular complexity index is 260. The molecule has 2 heterocycles. The molecule has 0 bridgehead atoms. The summed E-state index contributed by atoms with van der Waals surface area (Å²) in [6, 6.07) is 4.25. The Labute approximate surface area is 56.6 Å². The van der Waals surface area contributed by atoms with E-state index in [1.54, 1.807) is 0 Å². The van der Waals surface area contributed by atoms with Crippen LogP contribution in [0.2, 0.25) is 0 Å². The normalized spacial score (nSPS) is 14.3. The Morgan fingerprint density at radius 1 is 1.44 bits per heavy atom. The molecule has 2 rings (SSSR count). The van der Waals surface area contributed by atoms with Crippen LogP contribution in [0.1, 0.15) is 5.69 Å². The molecule has 1 aromatic heterocycles. The molecule has 1 aliphatic heterocycles. The van der Waals surface area contributed by atoms with Gasteiger partial charge in [0.25, 0.3) is 0 Å². The molecule has 0 saturated heterocycles. The van der Waals surface area contributed by atoms with Crippen molar-refractivity contribution < 1.29 is 0 Å². The maximum atomic E-state index is 2.72. The molecule has 1 aliphatic rings. The van der Waals surface area contributed by atoms with Gasteiger partial charge in [-0.05, 0) is 18.2 Å². The third-order valence-electron chi connectivity index (χ3n) is 1.62. The van der Waals surface area contributed by atoms with E-state index in [-0.39, 0.29) is 0 Å². The number of hydrogen-bond donors (Lipinski definition) is 0. The Balaban J connectivity index is 2.65. The fourth-order valence-electron chi connectivity index (χ4n) is 1.13. The van der Waals surface area contributed by atoms with Crippen LogP contribution in [0, 0.1) is 0 Å². The molecule has 9 heavy (non-hydrogen) atoms. The fourth-order valence-corrected chi connectivity index (χ4v) is 1.49. The quantitative estimate of drug-likeness (QED) is 0.470. The Morgan fingerprint density at radius 2 is 2.33 bits per heavy atom. The topological polar surface area (TPSA) is 4.93 Å². The van der Waals surface area contributed by atoms with E-state index in [2.05, 4.69) is 38.1 Å². The predicted molar refractivity (Wildman–Crippen MR) is 42.8 cm³/mol. The maximum absolute atomic E-state index is 2.72. The molecule has 0 radical (unpaired) electrons. The highest BCUT2D eigenvalue weighted by Gasteiger charge is 2.03. The average Bonchev–Trinajstić information content (AvgIpc) is 2.35. The summed E-state index contributed by atoms with van der Waals surface area (Å²) in [5, 5.41) is 0. The Kier molecular flexibility index (Phi) is 1.000. The van der Waals surface area contributed by atoms with Crippen molar-refractivity contribution in [1.29, 1.82) is 0 Å². The molecular weight excluding hydrogens is 129 g/mol. The summed E-state index contributed by atoms with van der Waals surface area (Å²) in [6.45, 7) is 1.04. The number of aromatic nitrogens is 1. The van der Waals surface area contributed by atoms with Crippen LogP contribution in [0.4, 0.5) is 0 Å². The van der Waals surface area contributed by atoms with E-state index in [4.69, 9.17) is 0 Å². The predicted octanol–water partition coefficient (Wildman–Crippen LogP) is 1.02. The standard InChI is InChI=1S/C7H8NP/c9-7-4-3-6-2-1-5-8(6)7/h1-4H,5,9H2. The maximum Gasteiger partial charge on any atom is 0.0415 e. The molecule has 0 amide bonds. The molecule has 1 nitrogen and oxygen atoms in total. The second-order valence-electron chi connectivity index (χ2n) is 2.20. The smallest absolute Gasteiger partial charge is 0.0415 e. The highest BCUT2D eigenvalue weighted by molar-refractivity contribution is 7.27. The average molecular weight is 137 g/mol. The van der Waals surface area contributed by atoms with Gasteiger partial charge < -0.3 is 4.57 Å². The largest absolute Gasteiger partial charge is 0.338 e. The van der Waals surface area contributed by atoms with Gasteiger partial charge in [-0.1, -0.05) is 15.3 Å². The van der Waals surface area contributed by atoms with Crippen molar-refractivity contribution in [3.8, 4) is 0 Å². The molecule has 2 heteroatoms. The van der Waals surface area contributed by atoms with Gasteiger partial charge in [0.05, 0.1) is 0 Å². The number of nitrogens with zero attached hydrogens (tertiary/aromatic N) is 1. The van der Waals surface area contributed by atoms with Crippen LogP contribution in [-0.4, -0.2) is 4.57 Å². The van der Waals surface area contributed by atoms with Crippen molar-refractivity contribution in [2.45, 2.75) is 6.54 Å².